The smallest absolute Gasteiger partial charge is 0.205 e. The molecule has 3 nitrogen and oxygen atoms in total. The van der Waals surface area contributed by atoms with Gasteiger partial charge in [-0.05, 0) is 33.2 Å². The third-order valence-electron chi connectivity index (χ3n) is 5.25. The van der Waals surface area contributed by atoms with Crippen LogP contribution in [0, 0.1) is 11.3 Å². The molecule has 0 unspecified atom stereocenters. The van der Waals surface area contributed by atoms with E-state index in [0.717, 1.165) is 32.7 Å². The molecule has 0 radical (unpaired) electrons. The molecule has 27 heavy (non-hydrogen) atoms. The van der Waals surface area contributed by atoms with Crippen LogP contribution in [0.1, 0.15) is 17.0 Å². The molecular formula is C24H16N2O. The summed E-state index contributed by atoms with van der Waals surface area (Å²) in [5.41, 5.74) is 8.67. The number of allylic oxidation sites excluding steroid dienone is 1. The number of rotatable bonds is 1. The molecule has 1 aliphatic heterocycles. The molecule has 0 saturated heterocycles. The van der Waals surface area contributed by atoms with Crippen LogP contribution in [0.15, 0.2) is 90.3 Å². The Morgan fingerprint density at radius 3 is 2.22 bits per heavy atom. The summed E-state index contributed by atoms with van der Waals surface area (Å²) in [6.45, 7) is 0. The summed E-state index contributed by atoms with van der Waals surface area (Å²) < 4.78 is 5.84. The first-order valence-corrected chi connectivity index (χ1v) is 8.85. The Morgan fingerprint density at radius 1 is 0.778 bits per heavy atom. The van der Waals surface area contributed by atoms with Crippen LogP contribution in [-0.2, 0) is 0 Å². The van der Waals surface area contributed by atoms with Crippen LogP contribution >= 0.6 is 0 Å². The molecule has 0 saturated carbocycles. The third kappa shape index (κ3) is 2.28. The number of fused-ring (bicyclic) bond motifs is 4. The second kappa shape index (κ2) is 5.89. The lowest BCUT2D eigenvalue weighted by atomic mass is 9.79. The lowest BCUT2D eigenvalue weighted by Gasteiger charge is -2.28. The van der Waals surface area contributed by atoms with Crippen LogP contribution in [0.3, 0.4) is 0 Å². The van der Waals surface area contributed by atoms with Crippen LogP contribution in [0.4, 0.5) is 0 Å². The maximum absolute atomic E-state index is 9.90. The average molecular weight is 348 g/mol. The zero-order valence-corrected chi connectivity index (χ0v) is 14.5. The van der Waals surface area contributed by atoms with Gasteiger partial charge in [0.1, 0.15) is 17.4 Å². The molecule has 0 spiro atoms. The normalized spacial score (nSPS) is 16.0. The molecule has 0 fully saturated rings. The van der Waals surface area contributed by atoms with Crippen LogP contribution in [0.25, 0.3) is 21.5 Å². The lowest BCUT2D eigenvalue weighted by molar-refractivity contribution is 0.395. The molecule has 0 amide bonds. The minimum atomic E-state index is -0.268. The molecule has 0 aliphatic carbocycles. The van der Waals surface area contributed by atoms with Crippen LogP contribution in [-0.4, -0.2) is 0 Å². The molecule has 0 aromatic heterocycles. The third-order valence-corrected chi connectivity index (χ3v) is 5.25. The topological polar surface area (TPSA) is 59.0 Å². The average Bonchev–Trinajstić information content (AvgIpc) is 2.72. The molecule has 128 valence electrons. The second-order valence-corrected chi connectivity index (χ2v) is 6.69. The highest BCUT2D eigenvalue weighted by molar-refractivity contribution is 5.93. The van der Waals surface area contributed by atoms with Crippen molar-refractivity contribution in [3.05, 3.63) is 101 Å². The zero-order valence-electron chi connectivity index (χ0n) is 14.5. The van der Waals surface area contributed by atoms with E-state index < -0.39 is 0 Å². The van der Waals surface area contributed by atoms with E-state index in [4.69, 9.17) is 10.5 Å². The van der Waals surface area contributed by atoms with Crippen molar-refractivity contribution < 1.29 is 4.74 Å². The standard InChI is InChI=1S/C24H16N2O/c25-14-20-22(19-11-5-8-15-6-1-3-9-17(15)19)23-18-10-4-2-7-16(18)12-13-21(23)27-24(20)26/h1-13,22H,26H2/t22-/m1/s1. The van der Waals surface area contributed by atoms with E-state index in [-0.39, 0.29) is 11.8 Å². The molecule has 1 atom stereocenters. The van der Waals surface area contributed by atoms with E-state index in [9.17, 15) is 5.26 Å². The summed E-state index contributed by atoms with van der Waals surface area (Å²) in [6.07, 6.45) is 0. The molecule has 4 aromatic carbocycles. The Morgan fingerprint density at radius 2 is 1.44 bits per heavy atom. The zero-order chi connectivity index (χ0) is 18.4. The van der Waals surface area contributed by atoms with Crippen molar-refractivity contribution in [3.8, 4) is 11.8 Å². The summed E-state index contributed by atoms with van der Waals surface area (Å²) >= 11 is 0. The van der Waals surface area contributed by atoms with Gasteiger partial charge in [-0.1, -0.05) is 72.8 Å². The Labute approximate surface area is 156 Å². The van der Waals surface area contributed by atoms with E-state index in [0.29, 0.717) is 11.3 Å². The van der Waals surface area contributed by atoms with Crippen molar-refractivity contribution in [3.63, 3.8) is 0 Å². The molecule has 4 aromatic rings. The van der Waals surface area contributed by atoms with Gasteiger partial charge in [0.25, 0.3) is 0 Å². The van der Waals surface area contributed by atoms with Crippen molar-refractivity contribution in [1.29, 1.82) is 5.26 Å². The predicted molar refractivity (Wildman–Crippen MR) is 107 cm³/mol. The SMILES string of the molecule is N#CC1=C(N)Oc2ccc3ccccc3c2[C@@H]1c1cccc2ccccc12. The fourth-order valence-electron chi connectivity index (χ4n) is 4.06. The van der Waals surface area contributed by atoms with Gasteiger partial charge in [0, 0.05) is 5.56 Å². The number of ether oxygens (including phenoxy) is 1. The Bertz CT molecular complexity index is 1280. The van der Waals surface area contributed by atoms with Crippen LogP contribution in [0.5, 0.6) is 5.75 Å². The van der Waals surface area contributed by atoms with E-state index in [1.165, 1.54) is 0 Å². The summed E-state index contributed by atoms with van der Waals surface area (Å²) in [5, 5.41) is 14.3. The summed E-state index contributed by atoms with van der Waals surface area (Å²) in [6, 6.07) is 28.9. The molecular weight excluding hydrogens is 332 g/mol. The number of nitrogens with zero attached hydrogens (tertiary/aromatic N) is 1. The highest BCUT2D eigenvalue weighted by Gasteiger charge is 2.32. The quantitative estimate of drug-likeness (QED) is 0.513. The summed E-state index contributed by atoms with van der Waals surface area (Å²) in [4.78, 5) is 0. The maximum Gasteiger partial charge on any atom is 0.205 e. The van der Waals surface area contributed by atoms with Crippen molar-refractivity contribution in [1.82, 2.24) is 0 Å². The Balaban J connectivity index is 1.91. The van der Waals surface area contributed by atoms with E-state index in [1.54, 1.807) is 0 Å². The molecule has 5 rings (SSSR count). The Hall–Kier alpha value is -3.77. The van der Waals surface area contributed by atoms with Crippen molar-refractivity contribution in [2.45, 2.75) is 5.92 Å². The van der Waals surface area contributed by atoms with Gasteiger partial charge in [0.2, 0.25) is 5.88 Å². The van der Waals surface area contributed by atoms with Gasteiger partial charge >= 0.3 is 0 Å². The van der Waals surface area contributed by atoms with Gasteiger partial charge in [0.05, 0.1) is 5.92 Å². The number of nitriles is 1. The highest BCUT2D eigenvalue weighted by atomic mass is 16.5. The lowest BCUT2D eigenvalue weighted by Crippen LogP contribution is -2.21. The number of hydrogen-bond acceptors (Lipinski definition) is 3. The molecule has 1 aliphatic rings. The van der Waals surface area contributed by atoms with Gasteiger partial charge in [0.15, 0.2) is 0 Å². The van der Waals surface area contributed by atoms with Crippen molar-refractivity contribution in [2.75, 3.05) is 0 Å². The van der Waals surface area contributed by atoms with Crippen LogP contribution in [0.2, 0.25) is 0 Å². The first-order valence-electron chi connectivity index (χ1n) is 8.85. The number of nitrogens with two attached hydrogens (primary N) is 1. The van der Waals surface area contributed by atoms with Crippen molar-refractivity contribution >= 4 is 21.5 Å². The van der Waals surface area contributed by atoms with Crippen molar-refractivity contribution in [2.24, 2.45) is 5.73 Å². The first kappa shape index (κ1) is 15.5. The fourth-order valence-corrected chi connectivity index (χ4v) is 4.06. The van der Waals surface area contributed by atoms with Crippen LogP contribution < -0.4 is 10.5 Å². The minimum absolute atomic E-state index is 0.179. The van der Waals surface area contributed by atoms with E-state index >= 15 is 0 Å². The predicted octanol–water partition coefficient (Wildman–Crippen LogP) is 5.21. The van der Waals surface area contributed by atoms with Gasteiger partial charge in [-0.25, -0.2) is 0 Å². The number of hydrogen-bond donors (Lipinski definition) is 1. The van der Waals surface area contributed by atoms with E-state index in [1.807, 2.05) is 42.5 Å². The summed E-state index contributed by atoms with van der Waals surface area (Å²) in [5.74, 6) is 0.622. The van der Waals surface area contributed by atoms with Gasteiger partial charge < -0.3 is 10.5 Å². The van der Waals surface area contributed by atoms with Gasteiger partial charge in [-0.15, -0.1) is 0 Å². The fraction of sp³-hybridized carbons (Fsp3) is 0.0417. The summed E-state index contributed by atoms with van der Waals surface area (Å²) in [7, 11) is 0. The second-order valence-electron chi connectivity index (χ2n) is 6.69. The minimum Gasteiger partial charge on any atom is -0.440 e. The highest BCUT2D eigenvalue weighted by Crippen LogP contribution is 2.46. The maximum atomic E-state index is 9.90. The monoisotopic (exact) mass is 348 g/mol. The molecule has 0 bridgehead atoms. The van der Waals surface area contributed by atoms with Gasteiger partial charge in [-0.3, -0.25) is 0 Å². The molecule has 3 heteroatoms. The first-order chi connectivity index (χ1) is 13.3. The molecule has 1 heterocycles. The number of benzene rings is 4. The Kier molecular flexibility index (Phi) is 3.38. The van der Waals surface area contributed by atoms with Gasteiger partial charge in [-0.2, -0.15) is 5.26 Å². The van der Waals surface area contributed by atoms with E-state index in [2.05, 4.69) is 42.5 Å². The molecule has 2 N–H and O–H groups in total. The largest absolute Gasteiger partial charge is 0.440 e.